The highest BCUT2D eigenvalue weighted by atomic mass is 16.5. The molecule has 1 heterocycles. The minimum atomic E-state index is 0.421. The molecule has 0 spiro atoms. The number of allylic oxidation sites excluding steroid dienone is 2. The molecule has 0 aromatic rings. The first kappa shape index (κ1) is 10.6. The van der Waals surface area contributed by atoms with E-state index in [1.165, 1.54) is 6.42 Å². The van der Waals surface area contributed by atoms with E-state index < -0.39 is 0 Å². The lowest BCUT2D eigenvalue weighted by Crippen LogP contribution is -2.34. The summed E-state index contributed by atoms with van der Waals surface area (Å²) in [5.41, 5.74) is 0. The quantitative estimate of drug-likeness (QED) is 0.634. The van der Waals surface area contributed by atoms with Gasteiger partial charge in [0.1, 0.15) is 6.10 Å². The Kier molecular flexibility index (Phi) is 3.40. The van der Waals surface area contributed by atoms with E-state index in [4.69, 9.17) is 4.74 Å². The predicted molar refractivity (Wildman–Crippen MR) is 56.4 cm³/mol. The van der Waals surface area contributed by atoms with Crippen molar-refractivity contribution in [2.75, 3.05) is 0 Å². The van der Waals surface area contributed by atoms with Crippen LogP contribution in [0, 0.1) is 17.8 Å². The molecule has 13 heavy (non-hydrogen) atoms. The molecule has 1 rings (SSSR count). The van der Waals surface area contributed by atoms with E-state index in [0.717, 1.165) is 5.76 Å². The van der Waals surface area contributed by atoms with Crippen LogP contribution in [-0.2, 0) is 4.74 Å². The van der Waals surface area contributed by atoms with Crippen LogP contribution in [0.5, 0.6) is 0 Å². The van der Waals surface area contributed by atoms with E-state index in [-0.39, 0.29) is 0 Å². The smallest absolute Gasteiger partial charge is 0.104 e. The minimum absolute atomic E-state index is 0.421. The lowest BCUT2D eigenvalue weighted by Gasteiger charge is -2.36. The molecule has 0 aliphatic carbocycles. The molecule has 1 heteroatoms. The van der Waals surface area contributed by atoms with Gasteiger partial charge in [0, 0.05) is 0 Å². The number of hydrogen-bond donors (Lipinski definition) is 0. The molecule has 0 N–H and O–H groups in total. The highest BCUT2D eigenvalue weighted by Gasteiger charge is 2.30. The fourth-order valence-electron chi connectivity index (χ4n) is 2.05. The molecule has 0 amide bonds. The average Bonchev–Trinajstić information content (AvgIpc) is 2.10. The molecule has 0 bridgehead atoms. The molecule has 2 unspecified atom stereocenters. The zero-order valence-corrected chi connectivity index (χ0v) is 9.50. The van der Waals surface area contributed by atoms with Crippen molar-refractivity contribution in [1.29, 1.82) is 0 Å². The first-order valence-electron chi connectivity index (χ1n) is 5.41. The lowest BCUT2D eigenvalue weighted by molar-refractivity contribution is -0.00159. The second kappa shape index (κ2) is 4.17. The molecular weight excluding hydrogens is 160 g/mol. The van der Waals surface area contributed by atoms with Crippen molar-refractivity contribution in [2.24, 2.45) is 17.8 Å². The fourth-order valence-corrected chi connectivity index (χ4v) is 2.05. The summed E-state index contributed by atoms with van der Waals surface area (Å²) >= 11 is 0. The van der Waals surface area contributed by atoms with Crippen molar-refractivity contribution < 1.29 is 4.74 Å². The maximum Gasteiger partial charge on any atom is 0.104 e. The third-order valence-corrected chi connectivity index (χ3v) is 3.37. The Bertz CT molecular complexity index is 195. The number of hydrogen-bond acceptors (Lipinski definition) is 1. The second-order valence-electron chi connectivity index (χ2n) is 4.46. The summed E-state index contributed by atoms with van der Waals surface area (Å²) < 4.78 is 5.88. The van der Waals surface area contributed by atoms with E-state index in [1.54, 1.807) is 0 Å². The second-order valence-corrected chi connectivity index (χ2v) is 4.46. The summed E-state index contributed by atoms with van der Waals surface area (Å²) in [5, 5.41) is 0. The zero-order valence-electron chi connectivity index (χ0n) is 9.50. The van der Waals surface area contributed by atoms with Gasteiger partial charge in [-0.3, -0.25) is 0 Å². The molecule has 0 aromatic carbocycles. The molecule has 1 aliphatic heterocycles. The standard InChI is InChI=1S/C12H22O/c1-6-8(2)12-11(5)9(3)7-10(4)13-12/h7-9,11-12H,6H2,1-5H3/t8-,9?,11-,12?/m1/s1. The van der Waals surface area contributed by atoms with Crippen LogP contribution in [0.3, 0.4) is 0 Å². The molecule has 0 saturated heterocycles. The van der Waals surface area contributed by atoms with Gasteiger partial charge in [-0.25, -0.2) is 0 Å². The molecule has 4 atom stereocenters. The predicted octanol–water partition coefficient (Wildman–Crippen LogP) is 3.61. The Balaban J connectivity index is 2.71. The molecule has 1 nitrogen and oxygen atoms in total. The third kappa shape index (κ3) is 2.26. The van der Waals surface area contributed by atoms with Gasteiger partial charge in [0.25, 0.3) is 0 Å². The van der Waals surface area contributed by atoms with Gasteiger partial charge >= 0.3 is 0 Å². The largest absolute Gasteiger partial charge is 0.495 e. The van der Waals surface area contributed by atoms with E-state index in [1.807, 2.05) is 0 Å². The van der Waals surface area contributed by atoms with Crippen LogP contribution >= 0.6 is 0 Å². The van der Waals surface area contributed by atoms with Crippen molar-refractivity contribution in [3.8, 4) is 0 Å². The lowest BCUT2D eigenvalue weighted by atomic mass is 9.81. The Hall–Kier alpha value is -0.460. The van der Waals surface area contributed by atoms with Crippen molar-refractivity contribution >= 4 is 0 Å². The zero-order chi connectivity index (χ0) is 10.0. The molecule has 0 fully saturated rings. The van der Waals surface area contributed by atoms with Crippen molar-refractivity contribution in [3.05, 3.63) is 11.8 Å². The van der Waals surface area contributed by atoms with Gasteiger partial charge in [-0.2, -0.15) is 0 Å². The van der Waals surface area contributed by atoms with Gasteiger partial charge in [0.05, 0.1) is 5.76 Å². The summed E-state index contributed by atoms with van der Waals surface area (Å²) in [4.78, 5) is 0. The van der Waals surface area contributed by atoms with Crippen LogP contribution in [0.4, 0.5) is 0 Å². The summed E-state index contributed by atoms with van der Waals surface area (Å²) in [6, 6.07) is 0. The van der Waals surface area contributed by atoms with Crippen LogP contribution in [0.2, 0.25) is 0 Å². The Morgan fingerprint density at radius 3 is 2.62 bits per heavy atom. The van der Waals surface area contributed by atoms with Crippen LogP contribution in [0.1, 0.15) is 41.0 Å². The van der Waals surface area contributed by atoms with E-state index in [0.29, 0.717) is 23.9 Å². The van der Waals surface area contributed by atoms with Crippen molar-refractivity contribution in [2.45, 2.75) is 47.1 Å². The molecule has 1 aliphatic rings. The maximum atomic E-state index is 5.88. The minimum Gasteiger partial charge on any atom is -0.495 e. The summed E-state index contributed by atoms with van der Waals surface area (Å²) in [6.07, 6.45) is 3.86. The van der Waals surface area contributed by atoms with Gasteiger partial charge in [0.2, 0.25) is 0 Å². The molecule has 76 valence electrons. The average molecular weight is 182 g/mol. The van der Waals surface area contributed by atoms with Gasteiger partial charge in [-0.15, -0.1) is 0 Å². The van der Waals surface area contributed by atoms with E-state index in [9.17, 15) is 0 Å². The number of rotatable bonds is 2. The van der Waals surface area contributed by atoms with Gasteiger partial charge in [0.15, 0.2) is 0 Å². The van der Waals surface area contributed by atoms with Gasteiger partial charge in [-0.1, -0.05) is 34.1 Å². The van der Waals surface area contributed by atoms with Crippen LogP contribution < -0.4 is 0 Å². The molecule has 0 radical (unpaired) electrons. The molecular formula is C12H22O. The van der Waals surface area contributed by atoms with Crippen LogP contribution in [0.25, 0.3) is 0 Å². The Morgan fingerprint density at radius 2 is 2.08 bits per heavy atom. The van der Waals surface area contributed by atoms with Crippen molar-refractivity contribution in [3.63, 3.8) is 0 Å². The van der Waals surface area contributed by atoms with Crippen molar-refractivity contribution in [1.82, 2.24) is 0 Å². The highest BCUT2D eigenvalue weighted by Crippen LogP contribution is 2.32. The first-order valence-corrected chi connectivity index (χ1v) is 5.41. The third-order valence-electron chi connectivity index (χ3n) is 3.37. The maximum absolute atomic E-state index is 5.88. The van der Waals surface area contributed by atoms with Gasteiger partial charge in [-0.05, 0) is 30.8 Å². The summed E-state index contributed by atoms with van der Waals surface area (Å²) in [5.74, 6) is 3.09. The normalized spacial score (nSPS) is 36.4. The number of ether oxygens (including phenoxy) is 1. The molecule has 0 saturated carbocycles. The Labute approximate surface area is 82.2 Å². The van der Waals surface area contributed by atoms with Crippen LogP contribution in [0.15, 0.2) is 11.8 Å². The monoisotopic (exact) mass is 182 g/mol. The fraction of sp³-hybridized carbons (Fsp3) is 0.833. The molecule has 0 aromatic heterocycles. The van der Waals surface area contributed by atoms with Gasteiger partial charge < -0.3 is 4.74 Å². The topological polar surface area (TPSA) is 9.23 Å². The SMILES string of the molecule is CC[C@@H](C)C1OC(C)=CC(C)[C@H]1C. The van der Waals surface area contributed by atoms with Crippen LogP contribution in [-0.4, -0.2) is 6.10 Å². The van der Waals surface area contributed by atoms with E-state index >= 15 is 0 Å². The Morgan fingerprint density at radius 1 is 1.46 bits per heavy atom. The first-order chi connectivity index (χ1) is 6.06. The highest BCUT2D eigenvalue weighted by molar-refractivity contribution is 5.01. The van der Waals surface area contributed by atoms with E-state index in [2.05, 4.69) is 40.7 Å². The summed E-state index contributed by atoms with van der Waals surface area (Å²) in [7, 11) is 0. The summed E-state index contributed by atoms with van der Waals surface area (Å²) in [6.45, 7) is 11.2.